The summed E-state index contributed by atoms with van der Waals surface area (Å²) in [5, 5.41) is 5.32. The predicted molar refractivity (Wildman–Crippen MR) is 135 cm³/mol. The van der Waals surface area contributed by atoms with Crippen molar-refractivity contribution in [3.05, 3.63) is 12.2 Å². The molecule has 0 radical (unpaired) electrons. The molecule has 1 heterocycles. The second kappa shape index (κ2) is 14.5. The number of carbonyl (C=O) groups is 6. The Kier molecular flexibility index (Phi) is 12.5. The average molecular weight is 507 g/mol. The molecule has 1 aliphatic rings. The Morgan fingerprint density at radius 2 is 1.58 bits per heavy atom. The maximum absolute atomic E-state index is 13.2. The molecule has 5 amide bonds. The van der Waals surface area contributed by atoms with E-state index >= 15 is 0 Å². The SMILES string of the molecule is CC(C)[C@H](NC(=O)CCCCCN1C(=O)C=CC1=O)C(=O)C[C@@H](CCCNC(N)=O)C(=O)C(C)(C)C. The van der Waals surface area contributed by atoms with Gasteiger partial charge in [0.15, 0.2) is 5.78 Å². The zero-order valence-electron chi connectivity index (χ0n) is 22.2. The zero-order chi connectivity index (χ0) is 27.5. The zero-order valence-corrected chi connectivity index (χ0v) is 22.2. The van der Waals surface area contributed by atoms with E-state index in [-0.39, 0.29) is 48.0 Å². The molecule has 0 aliphatic carbocycles. The highest BCUT2D eigenvalue weighted by Crippen LogP contribution is 2.26. The fourth-order valence-corrected chi connectivity index (χ4v) is 4.12. The number of ketones is 2. The molecule has 0 saturated heterocycles. The Bertz CT molecular complexity index is 841. The summed E-state index contributed by atoms with van der Waals surface area (Å²) in [5.74, 6) is -1.77. The number of primary amides is 1. The van der Waals surface area contributed by atoms with Crippen LogP contribution in [0.1, 0.15) is 79.6 Å². The highest BCUT2D eigenvalue weighted by atomic mass is 16.2. The first-order valence-electron chi connectivity index (χ1n) is 12.7. The van der Waals surface area contributed by atoms with Crippen molar-refractivity contribution < 1.29 is 28.8 Å². The van der Waals surface area contributed by atoms with Crippen LogP contribution in [0.5, 0.6) is 0 Å². The molecule has 0 spiro atoms. The molecule has 202 valence electrons. The molecule has 0 bridgehead atoms. The van der Waals surface area contributed by atoms with Crippen LogP contribution in [0, 0.1) is 17.3 Å². The van der Waals surface area contributed by atoms with Gasteiger partial charge in [-0.25, -0.2) is 4.79 Å². The van der Waals surface area contributed by atoms with Crippen LogP contribution in [-0.4, -0.2) is 59.4 Å². The largest absolute Gasteiger partial charge is 0.352 e. The lowest BCUT2D eigenvalue weighted by Crippen LogP contribution is -2.45. The Morgan fingerprint density at radius 3 is 2.11 bits per heavy atom. The number of nitrogens with two attached hydrogens (primary N) is 1. The molecule has 0 aromatic heterocycles. The number of Topliss-reactive ketones (excluding diaryl/α,β-unsaturated/α-hetero) is 2. The molecule has 0 fully saturated rings. The van der Waals surface area contributed by atoms with Gasteiger partial charge in [-0.3, -0.25) is 28.9 Å². The molecule has 4 N–H and O–H groups in total. The molecular formula is C26H42N4O6. The Hall–Kier alpha value is -3.04. The molecule has 10 nitrogen and oxygen atoms in total. The van der Waals surface area contributed by atoms with Crippen LogP contribution in [-0.2, 0) is 24.0 Å². The highest BCUT2D eigenvalue weighted by Gasteiger charge is 2.33. The highest BCUT2D eigenvalue weighted by molar-refractivity contribution is 6.12. The van der Waals surface area contributed by atoms with E-state index in [4.69, 9.17) is 5.73 Å². The Labute approximate surface area is 213 Å². The van der Waals surface area contributed by atoms with E-state index in [2.05, 4.69) is 10.6 Å². The van der Waals surface area contributed by atoms with Gasteiger partial charge in [0, 0.05) is 49.4 Å². The number of hydrogen-bond acceptors (Lipinski definition) is 6. The minimum absolute atomic E-state index is 0.0156. The van der Waals surface area contributed by atoms with E-state index in [1.807, 2.05) is 34.6 Å². The van der Waals surface area contributed by atoms with E-state index in [9.17, 15) is 28.8 Å². The monoisotopic (exact) mass is 506 g/mol. The molecule has 0 unspecified atom stereocenters. The topological polar surface area (TPSA) is 156 Å². The van der Waals surface area contributed by atoms with E-state index < -0.39 is 23.4 Å². The van der Waals surface area contributed by atoms with Crippen molar-refractivity contribution in [3.63, 3.8) is 0 Å². The van der Waals surface area contributed by atoms with Gasteiger partial charge >= 0.3 is 6.03 Å². The van der Waals surface area contributed by atoms with Crippen molar-refractivity contribution in [1.29, 1.82) is 0 Å². The standard InChI is InChI=1S/C26H42N4O6/c1-17(2)23(29-20(32)11-7-6-8-15-30-21(33)12-13-22(30)34)19(31)16-18(24(35)26(3,4)5)10-9-14-28-25(27)36/h12-13,17-18,23H,6-11,14-16H2,1-5H3,(H,29,32)(H3,27,28,36)/t18-,23+/m1/s1. The molecule has 0 aromatic carbocycles. The van der Waals surface area contributed by atoms with Gasteiger partial charge in [0.05, 0.1) is 6.04 Å². The first-order chi connectivity index (χ1) is 16.7. The minimum atomic E-state index is -0.706. The van der Waals surface area contributed by atoms with E-state index in [1.54, 1.807) is 0 Å². The number of amides is 5. The maximum atomic E-state index is 13.2. The second-order valence-electron chi connectivity index (χ2n) is 10.7. The molecule has 2 atom stereocenters. The average Bonchev–Trinajstić information content (AvgIpc) is 3.09. The smallest absolute Gasteiger partial charge is 0.312 e. The van der Waals surface area contributed by atoms with Gasteiger partial charge in [0.1, 0.15) is 5.78 Å². The summed E-state index contributed by atoms with van der Waals surface area (Å²) in [6, 6.07) is -1.34. The number of hydrogen-bond donors (Lipinski definition) is 3. The quantitative estimate of drug-likeness (QED) is 0.215. The number of rotatable bonds is 16. The maximum Gasteiger partial charge on any atom is 0.312 e. The van der Waals surface area contributed by atoms with Crippen LogP contribution in [0.15, 0.2) is 12.2 Å². The molecule has 0 aromatic rings. The van der Waals surface area contributed by atoms with Crippen LogP contribution >= 0.6 is 0 Å². The van der Waals surface area contributed by atoms with E-state index in [1.165, 1.54) is 17.1 Å². The van der Waals surface area contributed by atoms with E-state index in [0.717, 1.165) is 0 Å². The molecule has 36 heavy (non-hydrogen) atoms. The van der Waals surface area contributed by atoms with Crippen molar-refractivity contribution in [2.75, 3.05) is 13.1 Å². The fourth-order valence-electron chi connectivity index (χ4n) is 4.12. The summed E-state index contributed by atoms with van der Waals surface area (Å²) in [7, 11) is 0. The molecular weight excluding hydrogens is 464 g/mol. The van der Waals surface area contributed by atoms with Crippen LogP contribution in [0.3, 0.4) is 0 Å². The molecule has 1 rings (SSSR count). The lowest BCUT2D eigenvalue weighted by Gasteiger charge is -2.27. The normalized spacial score (nSPS) is 15.2. The van der Waals surface area contributed by atoms with Gasteiger partial charge < -0.3 is 16.4 Å². The van der Waals surface area contributed by atoms with Gasteiger partial charge in [-0.05, 0) is 31.6 Å². The summed E-state index contributed by atoms with van der Waals surface area (Å²) < 4.78 is 0. The van der Waals surface area contributed by atoms with E-state index in [0.29, 0.717) is 45.2 Å². The molecule has 1 aliphatic heterocycles. The van der Waals surface area contributed by atoms with Crippen molar-refractivity contribution in [1.82, 2.24) is 15.5 Å². The predicted octanol–water partition coefficient (Wildman–Crippen LogP) is 2.25. The number of imide groups is 1. The van der Waals surface area contributed by atoms with Gasteiger partial charge in [-0.2, -0.15) is 0 Å². The van der Waals surface area contributed by atoms with Gasteiger partial charge in [0.2, 0.25) is 5.91 Å². The third-order valence-electron chi connectivity index (χ3n) is 6.10. The number of nitrogens with one attached hydrogen (secondary N) is 2. The lowest BCUT2D eigenvalue weighted by atomic mass is 9.78. The second-order valence-corrected chi connectivity index (χ2v) is 10.7. The number of carbonyl (C=O) groups excluding carboxylic acids is 6. The number of unbranched alkanes of at least 4 members (excludes halogenated alkanes) is 2. The summed E-state index contributed by atoms with van der Waals surface area (Å²) in [6.45, 7) is 9.75. The number of urea groups is 1. The summed E-state index contributed by atoms with van der Waals surface area (Å²) in [5.41, 5.74) is 4.46. The van der Waals surface area contributed by atoms with Crippen LogP contribution in [0.2, 0.25) is 0 Å². The van der Waals surface area contributed by atoms with Crippen LogP contribution < -0.4 is 16.4 Å². The molecule has 0 saturated carbocycles. The van der Waals surface area contributed by atoms with Gasteiger partial charge in [0.25, 0.3) is 11.8 Å². The Morgan fingerprint density at radius 1 is 0.972 bits per heavy atom. The van der Waals surface area contributed by atoms with Crippen LogP contribution in [0.4, 0.5) is 4.79 Å². The van der Waals surface area contributed by atoms with Crippen molar-refractivity contribution in [3.8, 4) is 0 Å². The first-order valence-corrected chi connectivity index (χ1v) is 12.7. The third-order valence-corrected chi connectivity index (χ3v) is 6.10. The van der Waals surface area contributed by atoms with Gasteiger partial charge in [-0.15, -0.1) is 0 Å². The number of nitrogens with zero attached hydrogens (tertiary/aromatic N) is 1. The minimum Gasteiger partial charge on any atom is -0.352 e. The fraction of sp³-hybridized carbons (Fsp3) is 0.692. The summed E-state index contributed by atoms with van der Waals surface area (Å²) in [4.78, 5) is 73.9. The molecule has 10 heteroatoms. The summed E-state index contributed by atoms with van der Waals surface area (Å²) in [6.07, 6.45) is 5.48. The summed E-state index contributed by atoms with van der Waals surface area (Å²) >= 11 is 0. The van der Waals surface area contributed by atoms with Crippen molar-refractivity contribution in [2.45, 2.75) is 85.6 Å². The van der Waals surface area contributed by atoms with Gasteiger partial charge in [-0.1, -0.05) is 41.0 Å². The Balaban J connectivity index is 2.59. The van der Waals surface area contributed by atoms with Crippen molar-refractivity contribution in [2.24, 2.45) is 23.0 Å². The first kappa shape index (κ1) is 31.0. The lowest BCUT2D eigenvalue weighted by molar-refractivity contribution is -0.137. The third kappa shape index (κ3) is 10.7. The van der Waals surface area contributed by atoms with Crippen LogP contribution in [0.25, 0.3) is 0 Å². The van der Waals surface area contributed by atoms with Crippen molar-refractivity contribution >= 4 is 35.3 Å².